The molecule has 4 rings (SSSR count). The van der Waals surface area contributed by atoms with E-state index in [1.807, 2.05) is 24.3 Å². The molecule has 122 valence electrons. The molecule has 0 spiro atoms. The van der Waals surface area contributed by atoms with Crippen LogP contribution < -0.4 is 0 Å². The number of para-hydroxylation sites is 1. The second-order valence-electron chi connectivity index (χ2n) is 7.02. The van der Waals surface area contributed by atoms with Gasteiger partial charge in [0.2, 0.25) is 0 Å². The minimum atomic E-state index is 0.265. The average Bonchev–Trinajstić information content (AvgIpc) is 2.90. The predicted molar refractivity (Wildman–Crippen MR) is 98.7 cm³/mol. The Hall–Kier alpha value is -2.35. The van der Waals surface area contributed by atoms with Gasteiger partial charge in [0.05, 0.1) is 0 Å². The molecule has 1 aliphatic rings. The van der Waals surface area contributed by atoms with Gasteiger partial charge in [-0.15, -0.1) is 0 Å². The third kappa shape index (κ3) is 2.47. The Bertz CT molecular complexity index is 902. The SMILES string of the molecule is Cc1ccc(C(=O)CC2CCCc3c2c2ccccc2n3C)cc1. The molecule has 0 aliphatic heterocycles. The standard InChI is InChI=1S/C22H23NO/c1-15-10-12-16(13-11-15)21(24)14-17-6-5-9-20-22(17)18-7-3-4-8-19(18)23(20)2/h3-4,7-8,10-13,17H,5-6,9,14H2,1-2H3. The van der Waals surface area contributed by atoms with Crippen LogP contribution in [-0.2, 0) is 13.5 Å². The van der Waals surface area contributed by atoms with Crippen molar-refractivity contribution in [3.63, 3.8) is 0 Å². The van der Waals surface area contributed by atoms with Crippen LogP contribution in [0.15, 0.2) is 48.5 Å². The van der Waals surface area contributed by atoms with Gasteiger partial charge in [-0.2, -0.15) is 0 Å². The Morgan fingerprint density at radius 1 is 1.12 bits per heavy atom. The van der Waals surface area contributed by atoms with Crippen molar-refractivity contribution in [2.45, 2.75) is 38.5 Å². The van der Waals surface area contributed by atoms with Crippen molar-refractivity contribution in [2.24, 2.45) is 7.05 Å². The lowest BCUT2D eigenvalue weighted by Crippen LogP contribution is -2.14. The number of rotatable bonds is 3. The van der Waals surface area contributed by atoms with Gasteiger partial charge in [0, 0.05) is 35.6 Å². The summed E-state index contributed by atoms with van der Waals surface area (Å²) in [5.74, 6) is 0.606. The second kappa shape index (κ2) is 5.94. The fourth-order valence-corrected chi connectivity index (χ4v) is 4.18. The van der Waals surface area contributed by atoms with E-state index in [9.17, 15) is 4.79 Å². The number of benzene rings is 2. The molecule has 0 saturated carbocycles. The molecule has 0 bridgehead atoms. The summed E-state index contributed by atoms with van der Waals surface area (Å²) >= 11 is 0. The molecule has 1 heterocycles. The zero-order valence-corrected chi connectivity index (χ0v) is 14.4. The molecule has 1 atom stereocenters. The number of hydrogen-bond acceptors (Lipinski definition) is 1. The minimum Gasteiger partial charge on any atom is -0.347 e. The first kappa shape index (κ1) is 15.2. The van der Waals surface area contributed by atoms with Gasteiger partial charge in [0.1, 0.15) is 0 Å². The largest absolute Gasteiger partial charge is 0.347 e. The number of hydrogen-bond donors (Lipinski definition) is 0. The lowest BCUT2D eigenvalue weighted by atomic mass is 9.81. The molecule has 24 heavy (non-hydrogen) atoms. The average molecular weight is 317 g/mol. The maximum Gasteiger partial charge on any atom is 0.163 e. The lowest BCUT2D eigenvalue weighted by molar-refractivity contribution is 0.0971. The third-order valence-corrected chi connectivity index (χ3v) is 5.45. The number of carbonyl (C=O) groups excluding carboxylic acids is 1. The first-order chi connectivity index (χ1) is 11.6. The van der Waals surface area contributed by atoms with Crippen molar-refractivity contribution >= 4 is 16.7 Å². The molecule has 2 nitrogen and oxygen atoms in total. The van der Waals surface area contributed by atoms with E-state index < -0.39 is 0 Å². The number of aromatic nitrogens is 1. The number of nitrogens with zero attached hydrogens (tertiary/aromatic N) is 1. The number of Topliss-reactive ketones (excluding diaryl/α,β-unsaturated/α-hetero) is 1. The van der Waals surface area contributed by atoms with Crippen LogP contribution >= 0.6 is 0 Å². The quantitative estimate of drug-likeness (QED) is 0.610. The molecule has 1 unspecified atom stereocenters. The molecule has 0 fully saturated rings. The van der Waals surface area contributed by atoms with Gasteiger partial charge >= 0.3 is 0 Å². The summed E-state index contributed by atoms with van der Waals surface area (Å²) in [7, 11) is 2.16. The Kier molecular flexibility index (Phi) is 3.76. The zero-order valence-electron chi connectivity index (χ0n) is 14.4. The highest BCUT2D eigenvalue weighted by Crippen LogP contribution is 2.40. The second-order valence-corrected chi connectivity index (χ2v) is 7.02. The van der Waals surface area contributed by atoms with E-state index in [2.05, 4.69) is 42.8 Å². The van der Waals surface area contributed by atoms with Crippen molar-refractivity contribution in [3.8, 4) is 0 Å². The van der Waals surface area contributed by atoms with Crippen LogP contribution in [-0.4, -0.2) is 10.4 Å². The summed E-state index contributed by atoms with van der Waals surface area (Å²) < 4.78 is 2.33. The molecular formula is C22H23NO. The lowest BCUT2D eigenvalue weighted by Gasteiger charge is -2.23. The van der Waals surface area contributed by atoms with Gasteiger partial charge in [-0.05, 0) is 43.7 Å². The number of fused-ring (bicyclic) bond motifs is 3. The Morgan fingerprint density at radius 2 is 1.88 bits per heavy atom. The van der Waals surface area contributed by atoms with Crippen LogP contribution in [0, 0.1) is 6.92 Å². The van der Waals surface area contributed by atoms with Crippen molar-refractivity contribution in [1.82, 2.24) is 4.57 Å². The summed E-state index contributed by atoms with van der Waals surface area (Å²) in [6.07, 6.45) is 4.02. The highest BCUT2D eigenvalue weighted by molar-refractivity contribution is 5.97. The van der Waals surface area contributed by atoms with Crippen molar-refractivity contribution in [2.75, 3.05) is 0 Å². The monoisotopic (exact) mass is 317 g/mol. The summed E-state index contributed by atoms with van der Waals surface area (Å²) in [5.41, 5.74) is 6.16. The topological polar surface area (TPSA) is 22.0 Å². The highest BCUT2D eigenvalue weighted by atomic mass is 16.1. The summed E-state index contributed by atoms with van der Waals surface area (Å²) in [6, 6.07) is 16.6. The van der Waals surface area contributed by atoms with Gasteiger partial charge < -0.3 is 4.57 Å². The Balaban J connectivity index is 1.70. The Labute approximate surface area is 143 Å². The first-order valence-corrected chi connectivity index (χ1v) is 8.81. The van der Waals surface area contributed by atoms with Crippen molar-refractivity contribution in [3.05, 3.63) is 70.9 Å². The fourth-order valence-electron chi connectivity index (χ4n) is 4.18. The summed E-state index contributed by atoms with van der Waals surface area (Å²) in [5, 5.41) is 1.33. The number of aryl methyl sites for hydroxylation is 2. The highest BCUT2D eigenvalue weighted by Gasteiger charge is 2.28. The molecule has 1 aliphatic carbocycles. The van der Waals surface area contributed by atoms with Crippen molar-refractivity contribution < 1.29 is 4.79 Å². The van der Waals surface area contributed by atoms with Crippen LogP contribution in [0.25, 0.3) is 10.9 Å². The molecule has 3 aromatic rings. The van der Waals surface area contributed by atoms with Crippen molar-refractivity contribution in [1.29, 1.82) is 0 Å². The van der Waals surface area contributed by atoms with E-state index in [4.69, 9.17) is 0 Å². The first-order valence-electron chi connectivity index (χ1n) is 8.81. The van der Waals surface area contributed by atoms with Gasteiger partial charge in [-0.25, -0.2) is 0 Å². The van der Waals surface area contributed by atoms with E-state index in [1.165, 1.54) is 34.1 Å². The molecule has 2 aromatic carbocycles. The fraction of sp³-hybridized carbons (Fsp3) is 0.318. The smallest absolute Gasteiger partial charge is 0.163 e. The summed E-state index contributed by atoms with van der Waals surface area (Å²) in [6.45, 7) is 2.05. The van der Waals surface area contributed by atoms with E-state index in [0.717, 1.165) is 18.4 Å². The van der Waals surface area contributed by atoms with Crippen LogP contribution in [0.4, 0.5) is 0 Å². The maximum atomic E-state index is 12.8. The van der Waals surface area contributed by atoms with E-state index in [1.54, 1.807) is 0 Å². The molecular weight excluding hydrogens is 294 g/mol. The summed E-state index contributed by atoms with van der Waals surface area (Å²) in [4.78, 5) is 12.8. The van der Waals surface area contributed by atoms with Gasteiger partial charge in [-0.1, -0.05) is 48.0 Å². The van der Waals surface area contributed by atoms with E-state index in [-0.39, 0.29) is 5.78 Å². The van der Waals surface area contributed by atoms with E-state index >= 15 is 0 Å². The molecule has 0 amide bonds. The zero-order chi connectivity index (χ0) is 16.7. The van der Waals surface area contributed by atoms with Gasteiger partial charge in [0.15, 0.2) is 5.78 Å². The van der Waals surface area contributed by atoms with Gasteiger partial charge in [0.25, 0.3) is 0 Å². The van der Waals surface area contributed by atoms with Gasteiger partial charge in [-0.3, -0.25) is 4.79 Å². The van der Waals surface area contributed by atoms with Crippen LogP contribution in [0.1, 0.15) is 52.4 Å². The number of ketones is 1. The molecule has 0 radical (unpaired) electrons. The van der Waals surface area contributed by atoms with Crippen LogP contribution in [0.5, 0.6) is 0 Å². The Morgan fingerprint density at radius 3 is 2.67 bits per heavy atom. The minimum absolute atomic E-state index is 0.265. The predicted octanol–water partition coefficient (Wildman–Crippen LogP) is 5.18. The van der Waals surface area contributed by atoms with Crippen LogP contribution in [0.2, 0.25) is 0 Å². The molecule has 1 aromatic heterocycles. The van der Waals surface area contributed by atoms with Crippen LogP contribution in [0.3, 0.4) is 0 Å². The molecule has 2 heteroatoms. The molecule has 0 N–H and O–H groups in total. The molecule has 0 saturated heterocycles. The van der Waals surface area contributed by atoms with E-state index in [0.29, 0.717) is 12.3 Å². The third-order valence-electron chi connectivity index (χ3n) is 5.45. The number of carbonyl (C=O) groups is 1. The maximum absolute atomic E-state index is 12.8. The normalized spacial score (nSPS) is 17.0.